The third kappa shape index (κ3) is 3.12. The van der Waals surface area contributed by atoms with Gasteiger partial charge in [-0.25, -0.2) is 0 Å². The lowest BCUT2D eigenvalue weighted by Crippen LogP contribution is -2.43. The summed E-state index contributed by atoms with van der Waals surface area (Å²) in [5, 5.41) is 9.77. The zero-order valence-electron chi connectivity index (χ0n) is 8.58. The van der Waals surface area contributed by atoms with Gasteiger partial charge in [0, 0.05) is 12.6 Å². The van der Waals surface area contributed by atoms with Crippen LogP contribution in [-0.2, 0) is 0 Å². The third-order valence-corrected chi connectivity index (χ3v) is 2.95. The summed E-state index contributed by atoms with van der Waals surface area (Å²) in [6.07, 6.45) is 7.42. The molecule has 1 rings (SSSR count). The normalized spacial score (nSPS) is 29.2. The summed E-state index contributed by atoms with van der Waals surface area (Å²) in [5.74, 6) is 0. The van der Waals surface area contributed by atoms with Gasteiger partial charge in [-0.05, 0) is 26.3 Å². The summed E-state index contributed by atoms with van der Waals surface area (Å²) in [7, 11) is 2.10. The lowest BCUT2D eigenvalue weighted by Gasteiger charge is -2.35. The fourth-order valence-corrected chi connectivity index (χ4v) is 2.07. The van der Waals surface area contributed by atoms with Crippen LogP contribution in [0.2, 0.25) is 0 Å². The van der Waals surface area contributed by atoms with Crippen LogP contribution in [0.4, 0.5) is 0 Å². The molecule has 1 aliphatic rings. The third-order valence-electron chi connectivity index (χ3n) is 2.95. The largest absolute Gasteiger partial charge is 0.391 e. The number of aliphatic hydroxyl groups is 1. The maximum Gasteiger partial charge on any atom is 0.0695 e. The average molecular weight is 183 g/mol. The van der Waals surface area contributed by atoms with E-state index in [-0.39, 0.29) is 6.10 Å². The summed E-state index contributed by atoms with van der Waals surface area (Å²) in [4.78, 5) is 2.27. The molecule has 1 N–H and O–H groups in total. The van der Waals surface area contributed by atoms with Crippen LogP contribution in [0.5, 0.6) is 0 Å². The van der Waals surface area contributed by atoms with E-state index in [1.54, 1.807) is 0 Å². The number of hydrogen-bond donors (Lipinski definition) is 1. The Morgan fingerprint density at radius 3 is 2.77 bits per heavy atom. The van der Waals surface area contributed by atoms with E-state index in [0.29, 0.717) is 6.04 Å². The van der Waals surface area contributed by atoms with Gasteiger partial charge >= 0.3 is 0 Å². The van der Waals surface area contributed by atoms with Crippen molar-refractivity contribution in [2.75, 3.05) is 13.6 Å². The fourth-order valence-electron chi connectivity index (χ4n) is 2.07. The Morgan fingerprint density at radius 2 is 2.15 bits per heavy atom. The van der Waals surface area contributed by atoms with Crippen LogP contribution < -0.4 is 0 Å². The van der Waals surface area contributed by atoms with Crippen LogP contribution in [0, 0.1) is 0 Å². The molecular formula is C11H21NO. The fraction of sp³-hybridized carbons (Fsp3) is 0.818. The molecule has 0 heterocycles. The maximum atomic E-state index is 9.77. The van der Waals surface area contributed by atoms with Crippen LogP contribution in [0.1, 0.15) is 32.1 Å². The van der Waals surface area contributed by atoms with Crippen molar-refractivity contribution in [1.29, 1.82) is 0 Å². The van der Waals surface area contributed by atoms with Crippen molar-refractivity contribution in [1.82, 2.24) is 4.90 Å². The van der Waals surface area contributed by atoms with Gasteiger partial charge in [-0.1, -0.05) is 18.9 Å². The average Bonchev–Trinajstić information content (AvgIpc) is 2.15. The molecule has 0 aromatic rings. The molecule has 0 saturated heterocycles. The molecule has 2 unspecified atom stereocenters. The Balaban J connectivity index is 2.34. The molecule has 1 aliphatic carbocycles. The quantitative estimate of drug-likeness (QED) is 0.672. The molecule has 2 heteroatoms. The summed E-state index contributed by atoms with van der Waals surface area (Å²) in [6.45, 7) is 4.73. The SMILES string of the molecule is C=CCCN(C)C1CCCCC1O. The van der Waals surface area contributed by atoms with Crippen molar-refractivity contribution in [2.24, 2.45) is 0 Å². The van der Waals surface area contributed by atoms with E-state index in [1.165, 1.54) is 12.8 Å². The van der Waals surface area contributed by atoms with E-state index in [2.05, 4.69) is 18.5 Å². The van der Waals surface area contributed by atoms with Gasteiger partial charge in [-0.15, -0.1) is 6.58 Å². The number of likely N-dealkylation sites (N-methyl/N-ethyl adjacent to an activating group) is 1. The minimum Gasteiger partial charge on any atom is -0.391 e. The molecule has 0 aromatic carbocycles. The lowest BCUT2D eigenvalue weighted by atomic mass is 9.91. The van der Waals surface area contributed by atoms with Crippen molar-refractivity contribution in [3.8, 4) is 0 Å². The molecule has 1 fully saturated rings. The number of rotatable bonds is 4. The van der Waals surface area contributed by atoms with E-state index in [4.69, 9.17) is 0 Å². The predicted octanol–water partition coefficient (Wildman–Crippen LogP) is 1.80. The van der Waals surface area contributed by atoms with E-state index in [9.17, 15) is 5.11 Å². The Kier molecular flexibility index (Phi) is 4.46. The van der Waals surface area contributed by atoms with Crippen molar-refractivity contribution >= 4 is 0 Å². The second-order valence-electron chi connectivity index (χ2n) is 3.98. The molecule has 76 valence electrons. The molecule has 0 spiro atoms. The Labute approximate surface area is 81.2 Å². The Bertz CT molecular complexity index is 158. The molecule has 2 atom stereocenters. The van der Waals surface area contributed by atoms with Gasteiger partial charge in [0.15, 0.2) is 0 Å². The number of nitrogens with zero attached hydrogens (tertiary/aromatic N) is 1. The number of hydrogen-bond acceptors (Lipinski definition) is 2. The van der Waals surface area contributed by atoms with Crippen LogP contribution in [0.15, 0.2) is 12.7 Å². The van der Waals surface area contributed by atoms with Crippen molar-refractivity contribution in [3.05, 3.63) is 12.7 Å². The highest BCUT2D eigenvalue weighted by molar-refractivity contribution is 4.82. The van der Waals surface area contributed by atoms with E-state index in [0.717, 1.165) is 25.8 Å². The van der Waals surface area contributed by atoms with Crippen LogP contribution >= 0.6 is 0 Å². The first kappa shape index (κ1) is 10.7. The first-order valence-electron chi connectivity index (χ1n) is 5.25. The lowest BCUT2D eigenvalue weighted by molar-refractivity contribution is 0.0330. The minimum atomic E-state index is -0.108. The molecule has 13 heavy (non-hydrogen) atoms. The van der Waals surface area contributed by atoms with Crippen LogP contribution in [-0.4, -0.2) is 35.7 Å². The smallest absolute Gasteiger partial charge is 0.0695 e. The van der Waals surface area contributed by atoms with Gasteiger partial charge in [-0.2, -0.15) is 0 Å². The second-order valence-corrected chi connectivity index (χ2v) is 3.98. The van der Waals surface area contributed by atoms with E-state index >= 15 is 0 Å². The zero-order valence-corrected chi connectivity index (χ0v) is 8.58. The predicted molar refractivity (Wildman–Crippen MR) is 55.7 cm³/mol. The number of aliphatic hydroxyl groups excluding tert-OH is 1. The highest BCUT2D eigenvalue weighted by atomic mass is 16.3. The highest BCUT2D eigenvalue weighted by Crippen LogP contribution is 2.22. The van der Waals surface area contributed by atoms with Gasteiger partial charge in [0.1, 0.15) is 0 Å². The summed E-state index contributed by atoms with van der Waals surface area (Å²) in [5.41, 5.74) is 0. The first-order chi connectivity index (χ1) is 6.25. The topological polar surface area (TPSA) is 23.5 Å². The van der Waals surface area contributed by atoms with Gasteiger partial charge in [0.05, 0.1) is 6.10 Å². The molecule has 0 aromatic heterocycles. The summed E-state index contributed by atoms with van der Waals surface area (Å²) >= 11 is 0. The van der Waals surface area contributed by atoms with Crippen molar-refractivity contribution in [3.63, 3.8) is 0 Å². The zero-order chi connectivity index (χ0) is 9.68. The van der Waals surface area contributed by atoms with Crippen LogP contribution in [0.3, 0.4) is 0 Å². The second kappa shape index (κ2) is 5.40. The molecular weight excluding hydrogens is 162 g/mol. The maximum absolute atomic E-state index is 9.77. The standard InChI is InChI=1S/C11H21NO/c1-3-4-9-12(2)10-7-5-6-8-11(10)13/h3,10-11,13H,1,4-9H2,2H3. The van der Waals surface area contributed by atoms with Gasteiger partial charge in [0.25, 0.3) is 0 Å². The molecule has 0 aliphatic heterocycles. The molecule has 0 radical (unpaired) electrons. The molecule has 1 saturated carbocycles. The van der Waals surface area contributed by atoms with Gasteiger partial charge < -0.3 is 10.0 Å². The minimum absolute atomic E-state index is 0.108. The first-order valence-corrected chi connectivity index (χ1v) is 5.25. The summed E-state index contributed by atoms with van der Waals surface area (Å²) < 4.78 is 0. The van der Waals surface area contributed by atoms with Gasteiger partial charge in [0.2, 0.25) is 0 Å². The Morgan fingerprint density at radius 1 is 1.46 bits per heavy atom. The molecule has 0 bridgehead atoms. The van der Waals surface area contributed by atoms with Gasteiger partial charge in [-0.3, -0.25) is 0 Å². The van der Waals surface area contributed by atoms with E-state index in [1.807, 2.05) is 6.08 Å². The van der Waals surface area contributed by atoms with Crippen molar-refractivity contribution < 1.29 is 5.11 Å². The summed E-state index contributed by atoms with van der Waals surface area (Å²) in [6, 6.07) is 0.383. The van der Waals surface area contributed by atoms with E-state index < -0.39 is 0 Å². The van der Waals surface area contributed by atoms with Crippen molar-refractivity contribution in [2.45, 2.75) is 44.2 Å². The Hall–Kier alpha value is -0.340. The highest BCUT2D eigenvalue weighted by Gasteiger charge is 2.25. The monoisotopic (exact) mass is 183 g/mol. The molecule has 0 amide bonds. The molecule has 2 nitrogen and oxygen atoms in total. The van der Waals surface area contributed by atoms with Crippen LogP contribution in [0.25, 0.3) is 0 Å².